The summed E-state index contributed by atoms with van der Waals surface area (Å²) < 4.78 is 11.6. The van der Waals surface area contributed by atoms with E-state index in [4.69, 9.17) is 9.47 Å². The van der Waals surface area contributed by atoms with Crippen LogP contribution in [0.1, 0.15) is 43.0 Å². The summed E-state index contributed by atoms with van der Waals surface area (Å²) in [6.07, 6.45) is 1.46. The van der Waals surface area contributed by atoms with E-state index in [1.807, 2.05) is 55.1 Å². The van der Waals surface area contributed by atoms with Gasteiger partial charge in [-0.25, -0.2) is 0 Å². The van der Waals surface area contributed by atoms with Crippen LogP contribution in [0.3, 0.4) is 0 Å². The van der Waals surface area contributed by atoms with E-state index < -0.39 is 0 Å². The highest BCUT2D eigenvalue weighted by atomic mass is 16.5. The molecule has 2 amide bonds. The first kappa shape index (κ1) is 20.3. The van der Waals surface area contributed by atoms with Crippen molar-refractivity contribution in [3.63, 3.8) is 0 Å². The van der Waals surface area contributed by atoms with Crippen LogP contribution < -0.4 is 14.8 Å². The number of amides is 2. The number of nitrogens with one attached hydrogen (secondary N) is 1. The van der Waals surface area contributed by atoms with Crippen LogP contribution >= 0.6 is 0 Å². The fourth-order valence-electron chi connectivity index (χ4n) is 4.09. The Bertz CT molecular complexity index is 941. The lowest BCUT2D eigenvalue weighted by molar-refractivity contribution is -0.136. The van der Waals surface area contributed by atoms with E-state index in [1.165, 1.54) is 0 Å². The molecule has 6 bridgehead atoms. The molecule has 30 heavy (non-hydrogen) atoms. The number of nitrogens with zero attached hydrogens (tertiary/aromatic N) is 1. The maximum Gasteiger partial charge on any atom is 0.257 e. The van der Waals surface area contributed by atoms with Gasteiger partial charge in [-0.05, 0) is 53.8 Å². The van der Waals surface area contributed by atoms with Crippen LogP contribution in [0.4, 0.5) is 0 Å². The zero-order chi connectivity index (χ0) is 21.1. The van der Waals surface area contributed by atoms with Gasteiger partial charge in [0.2, 0.25) is 5.91 Å². The van der Waals surface area contributed by atoms with Crippen LogP contribution in [0.5, 0.6) is 11.5 Å². The lowest BCUT2D eigenvalue weighted by atomic mass is 9.87. The topological polar surface area (TPSA) is 67.9 Å². The molecule has 0 radical (unpaired) electrons. The van der Waals surface area contributed by atoms with Gasteiger partial charge in [0.1, 0.15) is 11.5 Å². The van der Waals surface area contributed by atoms with Crippen LogP contribution in [0.2, 0.25) is 0 Å². The van der Waals surface area contributed by atoms with Gasteiger partial charge in [0.05, 0.1) is 12.6 Å². The number of rotatable bonds is 1. The lowest BCUT2D eigenvalue weighted by Gasteiger charge is -2.39. The second-order valence-corrected chi connectivity index (χ2v) is 8.11. The average molecular weight is 408 g/mol. The summed E-state index contributed by atoms with van der Waals surface area (Å²) >= 11 is 0. The Morgan fingerprint density at radius 2 is 1.97 bits per heavy atom. The monoisotopic (exact) mass is 408 g/mol. The summed E-state index contributed by atoms with van der Waals surface area (Å²) in [4.78, 5) is 27.0. The second-order valence-electron chi connectivity index (χ2n) is 8.11. The molecule has 158 valence electrons. The average Bonchev–Trinajstić information content (AvgIpc) is 2.75. The number of carbonyl (C=O) groups excluding carboxylic acids is 2. The maximum absolute atomic E-state index is 13.0. The predicted molar refractivity (Wildman–Crippen MR) is 114 cm³/mol. The van der Waals surface area contributed by atoms with Gasteiger partial charge in [0.15, 0.2) is 6.61 Å². The molecule has 6 heteroatoms. The number of ether oxygens (including phenoxy) is 2. The lowest BCUT2D eigenvalue weighted by Crippen LogP contribution is -2.42. The normalized spacial score (nSPS) is 19.1. The SMILES string of the molecule is CC(C)C(=O)N1CCc2cc3ccc2C1c1cccc(c1)OCCCNC(=O)CO3. The third-order valence-corrected chi connectivity index (χ3v) is 5.58. The molecule has 2 aromatic carbocycles. The Morgan fingerprint density at radius 1 is 1.13 bits per heavy atom. The van der Waals surface area contributed by atoms with Crippen LogP contribution in [-0.2, 0) is 16.0 Å². The molecule has 3 heterocycles. The van der Waals surface area contributed by atoms with Crippen molar-refractivity contribution in [1.29, 1.82) is 0 Å². The standard InChI is InChI=1S/C24H28N2O4/c1-16(2)24(28)26-11-9-17-13-20-7-8-21(17)23(26)18-5-3-6-19(14-18)29-12-4-10-25-22(27)15-30-20/h3,5-8,13-14,16,23H,4,9-12,15H2,1-2H3,(H,25,27). The van der Waals surface area contributed by atoms with Crippen molar-refractivity contribution in [2.24, 2.45) is 5.92 Å². The molecule has 0 aliphatic carbocycles. The molecule has 1 unspecified atom stereocenters. The van der Waals surface area contributed by atoms with E-state index in [0.29, 0.717) is 31.9 Å². The van der Waals surface area contributed by atoms with E-state index in [0.717, 1.165) is 28.9 Å². The van der Waals surface area contributed by atoms with E-state index in [2.05, 4.69) is 11.4 Å². The van der Waals surface area contributed by atoms with Gasteiger partial charge in [-0.1, -0.05) is 32.0 Å². The molecule has 0 aromatic heterocycles. The Kier molecular flexibility index (Phi) is 5.93. The first-order valence-electron chi connectivity index (χ1n) is 10.6. The minimum Gasteiger partial charge on any atom is -0.494 e. The molecular formula is C24H28N2O4. The molecule has 0 saturated carbocycles. The Morgan fingerprint density at radius 3 is 2.80 bits per heavy atom. The van der Waals surface area contributed by atoms with Crippen molar-refractivity contribution in [2.75, 3.05) is 26.3 Å². The van der Waals surface area contributed by atoms with Gasteiger partial charge in [-0.2, -0.15) is 0 Å². The molecule has 1 N–H and O–H groups in total. The smallest absolute Gasteiger partial charge is 0.257 e. The molecule has 0 spiro atoms. The minimum absolute atomic E-state index is 0.0138. The van der Waals surface area contributed by atoms with E-state index >= 15 is 0 Å². The van der Waals surface area contributed by atoms with Crippen molar-refractivity contribution >= 4 is 11.8 Å². The summed E-state index contributed by atoms with van der Waals surface area (Å²) in [7, 11) is 0. The van der Waals surface area contributed by atoms with Crippen LogP contribution in [-0.4, -0.2) is 43.0 Å². The molecule has 5 rings (SSSR count). The highest BCUT2D eigenvalue weighted by Crippen LogP contribution is 2.38. The summed E-state index contributed by atoms with van der Waals surface area (Å²) in [6, 6.07) is 13.7. The van der Waals surface area contributed by atoms with Crippen molar-refractivity contribution in [3.05, 3.63) is 59.2 Å². The van der Waals surface area contributed by atoms with Crippen molar-refractivity contribution in [2.45, 2.75) is 32.7 Å². The molecule has 0 saturated heterocycles. The third-order valence-electron chi connectivity index (χ3n) is 5.58. The van der Waals surface area contributed by atoms with E-state index in [-0.39, 0.29) is 30.4 Å². The molecule has 6 nitrogen and oxygen atoms in total. The van der Waals surface area contributed by atoms with Gasteiger partial charge in [-0.3, -0.25) is 9.59 Å². The first-order chi connectivity index (χ1) is 14.5. The van der Waals surface area contributed by atoms with Gasteiger partial charge in [0.25, 0.3) is 5.91 Å². The van der Waals surface area contributed by atoms with E-state index in [1.54, 1.807) is 0 Å². The number of carbonyl (C=O) groups is 2. The molecule has 3 aliphatic heterocycles. The third kappa shape index (κ3) is 4.27. The Balaban J connectivity index is 1.78. The Labute approximate surface area is 177 Å². The summed E-state index contributed by atoms with van der Waals surface area (Å²) in [5.74, 6) is 1.37. The predicted octanol–water partition coefficient (Wildman–Crippen LogP) is 3.09. The maximum atomic E-state index is 13.0. The highest BCUT2D eigenvalue weighted by molar-refractivity contribution is 5.80. The van der Waals surface area contributed by atoms with E-state index in [9.17, 15) is 9.59 Å². The first-order valence-corrected chi connectivity index (χ1v) is 10.6. The van der Waals surface area contributed by atoms with Crippen molar-refractivity contribution in [1.82, 2.24) is 10.2 Å². The summed E-state index contributed by atoms with van der Waals surface area (Å²) in [5.41, 5.74) is 3.27. The van der Waals surface area contributed by atoms with Gasteiger partial charge < -0.3 is 19.7 Å². The number of fused-ring (bicyclic) bond motifs is 8. The number of hydrogen-bond acceptors (Lipinski definition) is 4. The summed E-state index contributed by atoms with van der Waals surface area (Å²) in [6.45, 7) is 5.54. The highest BCUT2D eigenvalue weighted by Gasteiger charge is 2.33. The molecule has 3 aliphatic rings. The quantitative estimate of drug-likeness (QED) is 0.787. The Hall–Kier alpha value is -3.02. The van der Waals surface area contributed by atoms with Crippen LogP contribution in [0, 0.1) is 5.92 Å². The van der Waals surface area contributed by atoms with Gasteiger partial charge in [0, 0.05) is 19.0 Å². The zero-order valence-electron chi connectivity index (χ0n) is 17.5. The van der Waals surface area contributed by atoms with Crippen LogP contribution in [0.15, 0.2) is 42.5 Å². The fourth-order valence-corrected chi connectivity index (χ4v) is 4.09. The molecule has 2 aromatic rings. The van der Waals surface area contributed by atoms with Crippen LogP contribution in [0.25, 0.3) is 0 Å². The molecule has 1 atom stereocenters. The van der Waals surface area contributed by atoms with Gasteiger partial charge >= 0.3 is 0 Å². The largest absolute Gasteiger partial charge is 0.494 e. The molecular weight excluding hydrogens is 380 g/mol. The summed E-state index contributed by atoms with van der Waals surface area (Å²) in [5, 5.41) is 2.85. The minimum atomic E-state index is -0.169. The fraction of sp³-hybridized carbons (Fsp3) is 0.417. The zero-order valence-corrected chi connectivity index (χ0v) is 17.5. The number of hydrogen-bond donors (Lipinski definition) is 1. The van der Waals surface area contributed by atoms with Gasteiger partial charge in [-0.15, -0.1) is 0 Å². The second kappa shape index (κ2) is 8.78. The van der Waals surface area contributed by atoms with Crippen molar-refractivity contribution < 1.29 is 19.1 Å². The number of benzene rings is 2. The van der Waals surface area contributed by atoms with Crippen molar-refractivity contribution in [3.8, 4) is 11.5 Å². The molecule has 0 fully saturated rings.